The topological polar surface area (TPSA) is 84.7 Å². The number of rotatable bonds is 3. The van der Waals surface area contributed by atoms with Crippen LogP contribution in [0.1, 0.15) is 17.3 Å². The molecule has 20 heavy (non-hydrogen) atoms. The molecule has 1 amide bonds. The van der Waals surface area contributed by atoms with Crippen LogP contribution in [0.25, 0.3) is 0 Å². The van der Waals surface area contributed by atoms with E-state index in [-0.39, 0.29) is 17.7 Å². The third-order valence-corrected chi connectivity index (χ3v) is 3.24. The Morgan fingerprint density at radius 2 is 2.30 bits per heavy atom. The minimum absolute atomic E-state index is 0.0237. The van der Waals surface area contributed by atoms with Gasteiger partial charge in [-0.1, -0.05) is 0 Å². The molecule has 1 fully saturated rings. The predicted molar refractivity (Wildman–Crippen MR) is 74.0 cm³/mol. The number of nitro groups is 1. The van der Waals surface area contributed by atoms with E-state index in [1.807, 2.05) is 6.92 Å². The highest BCUT2D eigenvalue weighted by atomic mass is 16.6. The number of nitrogens with one attached hydrogen (secondary N) is 1. The standard InChI is InChI=1S/C13H17N3O4/c1-9-8-15(5-6-20-9)13(17)11-7-10(16(18)19)3-4-12(11)14-2/h3-4,7,9,14H,5-6,8H2,1-2H3/t9-/m1/s1. The normalized spacial score (nSPS) is 18.7. The van der Waals surface area contributed by atoms with Crippen molar-refractivity contribution in [3.63, 3.8) is 0 Å². The van der Waals surface area contributed by atoms with Crippen LogP contribution in [0, 0.1) is 10.1 Å². The van der Waals surface area contributed by atoms with Crippen LogP contribution in [0.5, 0.6) is 0 Å². The van der Waals surface area contributed by atoms with Crippen molar-refractivity contribution in [2.24, 2.45) is 0 Å². The number of nitrogens with zero attached hydrogens (tertiary/aromatic N) is 2. The molecule has 7 nitrogen and oxygen atoms in total. The van der Waals surface area contributed by atoms with Crippen LogP contribution in [-0.2, 0) is 4.74 Å². The quantitative estimate of drug-likeness (QED) is 0.669. The lowest BCUT2D eigenvalue weighted by Crippen LogP contribution is -2.44. The monoisotopic (exact) mass is 279 g/mol. The molecule has 1 aliphatic heterocycles. The first kappa shape index (κ1) is 14.3. The van der Waals surface area contributed by atoms with Crippen molar-refractivity contribution in [3.8, 4) is 0 Å². The summed E-state index contributed by atoms with van der Waals surface area (Å²) in [4.78, 5) is 24.5. The van der Waals surface area contributed by atoms with Crippen LogP contribution in [0.15, 0.2) is 18.2 Å². The Hall–Kier alpha value is -2.15. The Balaban J connectivity index is 2.31. The van der Waals surface area contributed by atoms with Gasteiger partial charge >= 0.3 is 0 Å². The summed E-state index contributed by atoms with van der Waals surface area (Å²) in [5.74, 6) is -0.215. The summed E-state index contributed by atoms with van der Waals surface area (Å²) in [5.41, 5.74) is 0.809. The second-order valence-corrected chi connectivity index (χ2v) is 4.67. The van der Waals surface area contributed by atoms with Gasteiger partial charge in [0, 0.05) is 38.0 Å². The molecule has 1 N–H and O–H groups in total. The van der Waals surface area contributed by atoms with Gasteiger partial charge in [-0.2, -0.15) is 0 Å². The Morgan fingerprint density at radius 3 is 2.90 bits per heavy atom. The molecule has 0 radical (unpaired) electrons. The van der Waals surface area contributed by atoms with Crippen LogP contribution in [-0.4, -0.2) is 48.6 Å². The second kappa shape index (κ2) is 5.87. The summed E-state index contributed by atoms with van der Waals surface area (Å²) in [7, 11) is 1.68. The van der Waals surface area contributed by atoms with Gasteiger partial charge in [0.05, 0.1) is 23.2 Å². The highest BCUT2D eigenvalue weighted by Crippen LogP contribution is 2.24. The second-order valence-electron chi connectivity index (χ2n) is 4.67. The molecule has 1 aromatic rings. The van der Waals surface area contributed by atoms with Gasteiger partial charge in [0.2, 0.25) is 0 Å². The maximum absolute atomic E-state index is 12.5. The number of ether oxygens (including phenoxy) is 1. The molecule has 7 heteroatoms. The van der Waals surface area contributed by atoms with Crippen molar-refractivity contribution in [3.05, 3.63) is 33.9 Å². The molecule has 0 aromatic heterocycles. The Morgan fingerprint density at radius 1 is 1.55 bits per heavy atom. The number of carbonyl (C=O) groups excluding carboxylic acids is 1. The van der Waals surface area contributed by atoms with Crippen molar-refractivity contribution in [2.45, 2.75) is 13.0 Å². The number of hydrogen-bond donors (Lipinski definition) is 1. The zero-order valence-corrected chi connectivity index (χ0v) is 11.5. The number of non-ortho nitro benzene ring substituents is 1. The van der Waals surface area contributed by atoms with Gasteiger partial charge in [-0.15, -0.1) is 0 Å². The lowest BCUT2D eigenvalue weighted by atomic mass is 10.1. The minimum Gasteiger partial charge on any atom is -0.387 e. The van der Waals surface area contributed by atoms with Gasteiger partial charge in [0.25, 0.3) is 11.6 Å². The van der Waals surface area contributed by atoms with Crippen molar-refractivity contribution in [2.75, 3.05) is 32.1 Å². The SMILES string of the molecule is CNc1ccc([N+](=O)[O-])cc1C(=O)N1CCO[C@H](C)C1. The van der Waals surface area contributed by atoms with Crippen LogP contribution < -0.4 is 5.32 Å². The lowest BCUT2D eigenvalue weighted by molar-refractivity contribution is -0.384. The molecule has 0 spiro atoms. The van der Waals surface area contributed by atoms with Gasteiger partial charge in [0.1, 0.15) is 0 Å². The summed E-state index contributed by atoms with van der Waals surface area (Å²) < 4.78 is 5.39. The van der Waals surface area contributed by atoms with E-state index < -0.39 is 4.92 Å². The molecular weight excluding hydrogens is 262 g/mol. The smallest absolute Gasteiger partial charge is 0.270 e. The van der Waals surface area contributed by atoms with Gasteiger partial charge in [0.15, 0.2) is 0 Å². The van der Waals surface area contributed by atoms with E-state index in [2.05, 4.69) is 5.32 Å². The summed E-state index contributed by atoms with van der Waals surface area (Å²) in [6, 6.07) is 4.24. The molecule has 0 unspecified atom stereocenters. The fourth-order valence-electron chi connectivity index (χ4n) is 2.21. The maximum Gasteiger partial charge on any atom is 0.270 e. The fourth-order valence-corrected chi connectivity index (χ4v) is 2.21. The molecular formula is C13H17N3O4. The number of morpholine rings is 1. The average Bonchev–Trinajstić information content (AvgIpc) is 2.45. The number of benzene rings is 1. The summed E-state index contributed by atoms with van der Waals surface area (Å²) in [5, 5.41) is 13.7. The molecule has 1 atom stereocenters. The van der Waals surface area contributed by atoms with Crippen LogP contribution in [0.4, 0.5) is 11.4 Å². The molecule has 0 saturated carbocycles. The van der Waals surface area contributed by atoms with E-state index in [9.17, 15) is 14.9 Å². The van der Waals surface area contributed by atoms with Gasteiger partial charge in [-0.25, -0.2) is 0 Å². The highest BCUT2D eigenvalue weighted by Gasteiger charge is 2.25. The van der Waals surface area contributed by atoms with E-state index in [1.165, 1.54) is 12.1 Å². The fraction of sp³-hybridized carbons (Fsp3) is 0.462. The van der Waals surface area contributed by atoms with Gasteiger partial charge < -0.3 is 15.0 Å². The number of anilines is 1. The molecule has 0 aliphatic carbocycles. The lowest BCUT2D eigenvalue weighted by Gasteiger charge is -2.31. The Labute approximate surface area is 116 Å². The summed E-state index contributed by atoms with van der Waals surface area (Å²) in [6.45, 7) is 3.36. The van der Waals surface area contributed by atoms with Crippen LogP contribution in [0.2, 0.25) is 0 Å². The van der Waals surface area contributed by atoms with Crippen LogP contribution in [0.3, 0.4) is 0 Å². The number of carbonyl (C=O) groups is 1. The highest BCUT2D eigenvalue weighted by molar-refractivity contribution is 6.00. The molecule has 108 valence electrons. The summed E-state index contributed by atoms with van der Waals surface area (Å²) >= 11 is 0. The molecule has 2 rings (SSSR count). The molecule has 1 saturated heterocycles. The minimum atomic E-state index is -0.502. The van der Waals surface area contributed by atoms with Crippen molar-refractivity contribution in [1.82, 2.24) is 4.90 Å². The number of amides is 1. The van der Waals surface area contributed by atoms with Crippen molar-refractivity contribution in [1.29, 1.82) is 0 Å². The first-order valence-electron chi connectivity index (χ1n) is 6.40. The third-order valence-electron chi connectivity index (χ3n) is 3.24. The zero-order chi connectivity index (χ0) is 14.7. The van der Waals surface area contributed by atoms with E-state index in [1.54, 1.807) is 18.0 Å². The number of hydrogen-bond acceptors (Lipinski definition) is 5. The van der Waals surface area contributed by atoms with E-state index in [0.29, 0.717) is 30.9 Å². The average molecular weight is 279 g/mol. The maximum atomic E-state index is 12.5. The van der Waals surface area contributed by atoms with Gasteiger partial charge in [-0.05, 0) is 13.0 Å². The molecule has 1 aliphatic rings. The largest absolute Gasteiger partial charge is 0.387 e. The van der Waals surface area contributed by atoms with E-state index >= 15 is 0 Å². The summed E-state index contributed by atoms with van der Waals surface area (Å²) in [6.07, 6.45) is -0.0237. The first-order chi connectivity index (χ1) is 9.52. The Bertz CT molecular complexity index is 532. The molecule has 1 aromatic carbocycles. The molecule has 1 heterocycles. The third kappa shape index (κ3) is 2.88. The van der Waals surface area contributed by atoms with Crippen molar-refractivity contribution < 1.29 is 14.5 Å². The van der Waals surface area contributed by atoms with Crippen LogP contribution >= 0.6 is 0 Å². The Kier molecular flexibility index (Phi) is 4.19. The van der Waals surface area contributed by atoms with E-state index in [4.69, 9.17) is 4.74 Å². The number of nitro benzene ring substituents is 1. The zero-order valence-electron chi connectivity index (χ0n) is 11.5. The van der Waals surface area contributed by atoms with Crippen molar-refractivity contribution >= 4 is 17.3 Å². The van der Waals surface area contributed by atoms with Gasteiger partial charge in [-0.3, -0.25) is 14.9 Å². The predicted octanol–water partition coefficient (Wildman–Crippen LogP) is 1.50. The first-order valence-corrected chi connectivity index (χ1v) is 6.40. The van der Waals surface area contributed by atoms with E-state index in [0.717, 1.165) is 0 Å². The molecule has 0 bridgehead atoms.